The number of ether oxygens (including phenoxy) is 1. The molecule has 5 heteroatoms. The summed E-state index contributed by atoms with van der Waals surface area (Å²) in [5.41, 5.74) is 0. The van der Waals surface area contributed by atoms with Crippen LogP contribution in [0.4, 0.5) is 4.79 Å². The number of nitriles is 1. The Morgan fingerprint density at radius 1 is 1.53 bits per heavy atom. The number of benzene rings is 1. The van der Waals surface area contributed by atoms with Crippen molar-refractivity contribution in [3.63, 3.8) is 0 Å². The molecule has 0 aliphatic carbocycles. The Balaban J connectivity index is 1.96. The molecular formula is C10H7BrN2O2. The lowest BCUT2D eigenvalue weighted by Gasteiger charge is -2.04. The van der Waals surface area contributed by atoms with Crippen molar-refractivity contribution in [2.45, 2.75) is 6.04 Å². The zero-order valence-corrected chi connectivity index (χ0v) is 9.27. The lowest BCUT2D eigenvalue weighted by atomic mass is 10.3. The summed E-state index contributed by atoms with van der Waals surface area (Å²) in [6.07, 6.45) is -0.469. The third kappa shape index (κ3) is 2.28. The van der Waals surface area contributed by atoms with Gasteiger partial charge in [0.25, 0.3) is 0 Å². The lowest BCUT2D eigenvalue weighted by Crippen LogP contribution is -2.17. The number of hydrogen-bond acceptors (Lipinski definition) is 3. The Morgan fingerprint density at radius 3 is 2.73 bits per heavy atom. The molecule has 1 aromatic rings. The van der Waals surface area contributed by atoms with Gasteiger partial charge in [0.15, 0.2) is 0 Å². The highest BCUT2D eigenvalue weighted by molar-refractivity contribution is 9.10. The number of nitrogens with zero attached hydrogens (tertiary/aromatic N) is 2. The molecule has 1 aliphatic heterocycles. The number of halogens is 1. The van der Waals surface area contributed by atoms with Crippen LogP contribution in [0, 0.1) is 11.3 Å². The summed E-state index contributed by atoms with van der Waals surface area (Å²) >= 11 is 3.28. The number of carbonyl (C=O) groups excluding carboxylic acids is 1. The molecular weight excluding hydrogens is 260 g/mol. The Hall–Kier alpha value is -1.54. The van der Waals surface area contributed by atoms with E-state index in [9.17, 15) is 4.79 Å². The highest BCUT2D eigenvalue weighted by Gasteiger charge is 2.40. The van der Waals surface area contributed by atoms with Crippen LogP contribution in [0.15, 0.2) is 28.7 Å². The van der Waals surface area contributed by atoms with Crippen LogP contribution < -0.4 is 4.74 Å². The average Bonchev–Trinajstić information content (AvgIpc) is 3.00. The Morgan fingerprint density at radius 2 is 2.20 bits per heavy atom. The van der Waals surface area contributed by atoms with Crippen molar-refractivity contribution >= 4 is 22.0 Å². The summed E-state index contributed by atoms with van der Waals surface area (Å²) in [5, 5.41) is 8.52. The first kappa shape index (κ1) is 9.99. The van der Waals surface area contributed by atoms with Gasteiger partial charge in [0.1, 0.15) is 11.8 Å². The summed E-state index contributed by atoms with van der Waals surface area (Å²) in [6, 6.07) is 8.61. The van der Waals surface area contributed by atoms with E-state index in [1.54, 1.807) is 24.3 Å². The van der Waals surface area contributed by atoms with Crippen LogP contribution >= 0.6 is 15.9 Å². The average molecular weight is 267 g/mol. The van der Waals surface area contributed by atoms with Crippen molar-refractivity contribution in [1.82, 2.24) is 4.90 Å². The van der Waals surface area contributed by atoms with Crippen molar-refractivity contribution in [2.75, 3.05) is 6.54 Å². The summed E-state index contributed by atoms with van der Waals surface area (Å²) in [6.45, 7) is 0.464. The maximum absolute atomic E-state index is 11.4. The van der Waals surface area contributed by atoms with Gasteiger partial charge in [-0.25, -0.2) is 4.79 Å². The van der Waals surface area contributed by atoms with Gasteiger partial charge in [-0.2, -0.15) is 5.26 Å². The van der Waals surface area contributed by atoms with Crippen molar-refractivity contribution in [3.05, 3.63) is 28.7 Å². The van der Waals surface area contributed by atoms with Gasteiger partial charge < -0.3 is 4.74 Å². The van der Waals surface area contributed by atoms with Gasteiger partial charge in [0.2, 0.25) is 0 Å². The molecule has 0 spiro atoms. The van der Waals surface area contributed by atoms with Crippen LogP contribution in [-0.2, 0) is 0 Å². The van der Waals surface area contributed by atoms with Crippen molar-refractivity contribution in [3.8, 4) is 11.8 Å². The van der Waals surface area contributed by atoms with E-state index < -0.39 is 6.09 Å². The minimum atomic E-state index is -0.469. The molecule has 1 heterocycles. The van der Waals surface area contributed by atoms with Crippen LogP contribution in [0.2, 0.25) is 0 Å². The first-order chi connectivity index (χ1) is 7.20. The second-order valence-corrected chi connectivity index (χ2v) is 4.03. The molecule has 1 unspecified atom stereocenters. The lowest BCUT2D eigenvalue weighted by molar-refractivity contribution is 0.184. The fourth-order valence-corrected chi connectivity index (χ4v) is 1.38. The molecule has 2 rings (SSSR count). The van der Waals surface area contributed by atoms with E-state index in [4.69, 9.17) is 10.00 Å². The topological polar surface area (TPSA) is 53.1 Å². The minimum absolute atomic E-state index is 0.312. The summed E-state index contributed by atoms with van der Waals surface area (Å²) in [7, 11) is 0. The Kier molecular flexibility index (Phi) is 2.60. The Bertz CT molecular complexity index is 424. The smallest absolute Gasteiger partial charge is 0.410 e. The molecule has 0 aromatic heterocycles. The maximum atomic E-state index is 11.4. The normalized spacial score (nSPS) is 18.1. The van der Waals surface area contributed by atoms with E-state index in [0.29, 0.717) is 12.3 Å². The van der Waals surface area contributed by atoms with E-state index >= 15 is 0 Å². The number of hydrogen-bond donors (Lipinski definition) is 0. The molecule has 0 bridgehead atoms. The quantitative estimate of drug-likeness (QED) is 0.732. The third-order valence-electron chi connectivity index (χ3n) is 2.01. The van der Waals surface area contributed by atoms with Gasteiger partial charge in [-0.1, -0.05) is 15.9 Å². The van der Waals surface area contributed by atoms with Crippen LogP contribution in [0.25, 0.3) is 0 Å². The molecule has 0 N–H and O–H groups in total. The predicted octanol–water partition coefficient (Wildman–Crippen LogP) is 2.16. The van der Waals surface area contributed by atoms with Crippen LogP contribution in [0.3, 0.4) is 0 Å². The van der Waals surface area contributed by atoms with Crippen LogP contribution in [0.5, 0.6) is 5.75 Å². The molecule has 1 aliphatic rings. The van der Waals surface area contributed by atoms with Crippen molar-refractivity contribution in [1.29, 1.82) is 5.26 Å². The summed E-state index contributed by atoms with van der Waals surface area (Å²) < 4.78 is 5.96. The van der Waals surface area contributed by atoms with Gasteiger partial charge >= 0.3 is 6.09 Å². The van der Waals surface area contributed by atoms with Crippen molar-refractivity contribution < 1.29 is 9.53 Å². The highest BCUT2D eigenvalue weighted by atomic mass is 79.9. The first-order valence-electron chi connectivity index (χ1n) is 4.34. The molecule has 0 radical (unpaired) electrons. The monoisotopic (exact) mass is 266 g/mol. The van der Waals surface area contributed by atoms with Gasteiger partial charge in [-0.15, -0.1) is 0 Å². The second kappa shape index (κ2) is 3.91. The van der Waals surface area contributed by atoms with Gasteiger partial charge in [-0.3, -0.25) is 4.90 Å². The fourth-order valence-electron chi connectivity index (χ4n) is 1.11. The second-order valence-electron chi connectivity index (χ2n) is 3.12. The SMILES string of the molecule is N#CC1CN1C(=O)Oc1ccc(Br)cc1. The van der Waals surface area contributed by atoms with E-state index in [1.807, 2.05) is 6.07 Å². The molecule has 0 saturated carbocycles. The number of rotatable bonds is 1. The van der Waals surface area contributed by atoms with Crippen molar-refractivity contribution in [2.24, 2.45) is 0 Å². The zero-order valence-electron chi connectivity index (χ0n) is 7.68. The maximum Gasteiger partial charge on any atom is 0.416 e. The predicted molar refractivity (Wildman–Crippen MR) is 56.3 cm³/mol. The third-order valence-corrected chi connectivity index (χ3v) is 2.54. The fraction of sp³-hybridized carbons (Fsp3) is 0.200. The van der Waals surface area contributed by atoms with E-state index in [0.717, 1.165) is 4.47 Å². The molecule has 76 valence electrons. The first-order valence-corrected chi connectivity index (χ1v) is 5.13. The molecule has 1 atom stereocenters. The van der Waals surface area contributed by atoms with E-state index in [-0.39, 0.29) is 6.04 Å². The molecule has 1 amide bonds. The number of carbonyl (C=O) groups is 1. The standard InChI is InChI=1S/C10H7BrN2O2/c11-7-1-3-9(4-2-7)15-10(14)13-6-8(13)5-12/h1-4,8H,6H2. The molecule has 4 nitrogen and oxygen atoms in total. The van der Waals surface area contributed by atoms with Gasteiger partial charge in [0, 0.05) is 4.47 Å². The highest BCUT2D eigenvalue weighted by Crippen LogP contribution is 2.21. The van der Waals surface area contributed by atoms with E-state index in [1.165, 1.54) is 4.90 Å². The number of amides is 1. The molecule has 1 aromatic carbocycles. The van der Waals surface area contributed by atoms with Crippen LogP contribution in [-0.4, -0.2) is 23.6 Å². The van der Waals surface area contributed by atoms with Crippen LogP contribution in [0.1, 0.15) is 0 Å². The van der Waals surface area contributed by atoms with E-state index in [2.05, 4.69) is 15.9 Å². The largest absolute Gasteiger partial charge is 0.416 e. The minimum Gasteiger partial charge on any atom is -0.410 e. The molecule has 15 heavy (non-hydrogen) atoms. The summed E-state index contributed by atoms with van der Waals surface area (Å²) in [5.74, 6) is 0.479. The Labute approximate surface area is 95.2 Å². The zero-order chi connectivity index (χ0) is 10.8. The van der Waals surface area contributed by atoms with Gasteiger partial charge in [-0.05, 0) is 24.3 Å². The summed E-state index contributed by atoms with van der Waals surface area (Å²) in [4.78, 5) is 12.7. The molecule has 1 saturated heterocycles. The molecule has 1 fully saturated rings. The van der Waals surface area contributed by atoms with Gasteiger partial charge in [0.05, 0.1) is 12.6 Å².